The van der Waals surface area contributed by atoms with E-state index in [1.54, 1.807) is 69.4 Å². The van der Waals surface area contributed by atoms with Gasteiger partial charge in [0.25, 0.3) is 0 Å². The van der Waals surface area contributed by atoms with Crippen molar-refractivity contribution in [1.82, 2.24) is 4.98 Å². The molecule has 2 heterocycles. The zero-order chi connectivity index (χ0) is 19.9. The van der Waals surface area contributed by atoms with E-state index in [1.165, 1.54) is 0 Å². The summed E-state index contributed by atoms with van der Waals surface area (Å²) in [5, 5.41) is 0. The summed E-state index contributed by atoms with van der Waals surface area (Å²) in [6.07, 6.45) is 3.27. The van der Waals surface area contributed by atoms with E-state index < -0.39 is 21.0 Å². The Morgan fingerprint density at radius 2 is 1.78 bits per heavy atom. The second-order valence-electron chi connectivity index (χ2n) is 6.95. The predicted octanol–water partition coefficient (Wildman–Crippen LogP) is 2.93. The van der Waals surface area contributed by atoms with Gasteiger partial charge in [-0.3, -0.25) is 9.78 Å². The average Bonchev–Trinajstić information content (AvgIpc) is 2.85. The summed E-state index contributed by atoms with van der Waals surface area (Å²) in [5.74, 6) is 0.310. The molecule has 1 aromatic carbocycles. The summed E-state index contributed by atoms with van der Waals surface area (Å²) in [7, 11) is -3.73. The van der Waals surface area contributed by atoms with Gasteiger partial charge in [-0.25, -0.2) is 8.42 Å². The fourth-order valence-electron chi connectivity index (χ4n) is 3.38. The Morgan fingerprint density at radius 3 is 2.33 bits per heavy atom. The Hall–Kier alpha value is -2.51. The molecule has 142 valence electrons. The normalized spacial score (nSPS) is 21.9. The number of ether oxygens (including phenoxy) is 2. The number of sulfone groups is 1. The minimum atomic E-state index is -3.73. The van der Waals surface area contributed by atoms with Gasteiger partial charge in [0.2, 0.25) is 5.60 Å². The van der Waals surface area contributed by atoms with Crippen LogP contribution < -0.4 is 4.74 Å². The van der Waals surface area contributed by atoms with Gasteiger partial charge < -0.3 is 9.47 Å². The lowest BCUT2D eigenvalue weighted by molar-refractivity contribution is -0.139. The molecular formula is C20H21NO5S. The monoisotopic (exact) mass is 387 g/mol. The first-order valence-electron chi connectivity index (χ1n) is 8.38. The third-order valence-electron chi connectivity index (χ3n) is 4.42. The van der Waals surface area contributed by atoms with E-state index in [2.05, 4.69) is 4.98 Å². The van der Waals surface area contributed by atoms with Crippen LogP contribution in [0.4, 0.5) is 0 Å². The Morgan fingerprint density at radius 1 is 1.11 bits per heavy atom. The van der Waals surface area contributed by atoms with Crippen LogP contribution in [0.3, 0.4) is 0 Å². The molecule has 0 spiro atoms. The van der Waals surface area contributed by atoms with E-state index in [0.29, 0.717) is 23.3 Å². The highest BCUT2D eigenvalue weighted by atomic mass is 32.2. The fourth-order valence-corrected chi connectivity index (χ4v) is 4.85. The van der Waals surface area contributed by atoms with Crippen LogP contribution in [0.1, 0.15) is 25.1 Å². The van der Waals surface area contributed by atoms with Crippen LogP contribution in [-0.4, -0.2) is 31.5 Å². The van der Waals surface area contributed by atoms with Crippen molar-refractivity contribution in [2.24, 2.45) is 0 Å². The molecule has 0 radical (unpaired) electrons. The lowest BCUT2D eigenvalue weighted by Crippen LogP contribution is -2.36. The molecule has 0 bridgehead atoms. The number of hydrogen-bond acceptors (Lipinski definition) is 6. The van der Waals surface area contributed by atoms with Crippen molar-refractivity contribution in [3.63, 3.8) is 0 Å². The molecule has 0 amide bonds. The Labute approximate surface area is 158 Å². The maximum absolute atomic E-state index is 12.6. The predicted molar refractivity (Wildman–Crippen MR) is 101 cm³/mol. The molecule has 1 atom stereocenters. The average molecular weight is 387 g/mol. The molecule has 1 aliphatic rings. The van der Waals surface area contributed by atoms with Crippen LogP contribution in [0.15, 0.2) is 59.3 Å². The van der Waals surface area contributed by atoms with Gasteiger partial charge in [0.05, 0.1) is 5.69 Å². The fraction of sp³-hybridized carbons (Fsp3) is 0.300. The molecular weight excluding hydrogens is 366 g/mol. The summed E-state index contributed by atoms with van der Waals surface area (Å²) in [6, 6.07) is 12.1. The first-order chi connectivity index (χ1) is 12.6. The van der Waals surface area contributed by atoms with Gasteiger partial charge in [-0.1, -0.05) is 30.3 Å². The van der Waals surface area contributed by atoms with Crippen molar-refractivity contribution in [2.75, 3.05) is 6.26 Å². The maximum atomic E-state index is 12.6. The Kier molecular flexibility index (Phi) is 4.69. The largest absolute Gasteiger partial charge is 0.455 e. The van der Waals surface area contributed by atoms with Crippen LogP contribution >= 0.6 is 0 Å². The van der Waals surface area contributed by atoms with Crippen LogP contribution in [0.2, 0.25) is 0 Å². The van der Waals surface area contributed by atoms with Crippen LogP contribution in [0, 0.1) is 6.92 Å². The smallest absolute Gasteiger partial charge is 0.207 e. The molecule has 1 unspecified atom stereocenters. The Balaban J connectivity index is 2.33. The van der Waals surface area contributed by atoms with Crippen LogP contribution in [-0.2, 0) is 25.0 Å². The minimum absolute atomic E-state index is 0.0488. The molecule has 2 aromatic rings. The van der Waals surface area contributed by atoms with Gasteiger partial charge in [0.15, 0.2) is 21.9 Å². The summed E-state index contributed by atoms with van der Waals surface area (Å²) in [5.41, 5.74) is -1.87. The third-order valence-corrected chi connectivity index (χ3v) is 5.83. The van der Waals surface area contributed by atoms with Gasteiger partial charge in [-0.2, -0.15) is 0 Å². The molecule has 6 nitrogen and oxygen atoms in total. The summed E-state index contributed by atoms with van der Waals surface area (Å²) >= 11 is 0. The number of rotatable bonds is 5. The number of carbonyl (C=O) groups excluding carboxylic acids is 1. The number of aromatic nitrogens is 1. The van der Waals surface area contributed by atoms with Crippen molar-refractivity contribution in [1.29, 1.82) is 0 Å². The molecule has 7 heteroatoms. The number of carbonyl (C=O) groups is 1. The van der Waals surface area contributed by atoms with E-state index >= 15 is 0 Å². The van der Waals surface area contributed by atoms with Crippen LogP contribution in [0.5, 0.6) is 5.75 Å². The molecule has 0 saturated heterocycles. The van der Waals surface area contributed by atoms with Crippen molar-refractivity contribution in [2.45, 2.75) is 32.0 Å². The first kappa shape index (κ1) is 19.3. The van der Waals surface area contributed by atoms with Crippen LogP contribution in [0.25, 0.3) is 0 Å². The Bertz CT molecular complexity index is 1010. The highest BCUT2D eigenvalue weighted by Gasteiger charge is 2.57. The van der Waals surface area contributed by atoms with E-state index in [-0.39, 0.29) is 10.7 Å². The SMILES string of the molecule is Cc1ncccc1OC1=C(S(C)(=O)=O)C(C)(C)OC1(C=O)c1ccccc1. The van der Waals surface area contributed by atoms with Crippen molar-refractivity contribution >= 4 is 16.1 Å². The van der Waals surface area contributed by atoms with E-state index in [1.807, 2.05) is 0 Å². The molecule has 0 N–H and O–H groups in total. The lowest BCUT2D eigenvalue weighted by Gasteiger charge is -2.29. The van der Waals surface area contributed by atoms with Crippen molar-refractivity contribution < 1.29 is 22.7 Å². The number of hydrogen-bond donors (Lipinski definition) is 0. The second-order valence-corrected chi connectivity index (χ2v) is 8.90. The summed E-state index contributed by atoms with van der Waals surface area (Å²) in [4.78, 5) is 16.4. The third kappa shape index (κ3) is 3.28. The number of benzene rings is 1. The zero-order valence-electron chi connectivity index (χ0n) is 15.6. The van der Waals surface area contributed by atoms with Crippen molar-refractivity contribution in [3.05, 3.63) is 70.6 Å². The number of pyridine rings is 1. The van der Waals surface area contributed by atoms with Gasteiger partial charge in [-0.05, 0) is 38.5 Å². The second kappa shape index (κ2) is 6.58. The van der Waals surface area contributed by atoms with E-state index in [0.717, 1.165) is 6.26 Å². The molecule has 1 aromatic heterocycles. The van der Waals surface area contributed by atoms with Crippen molar-refractivity contribution in [3.8, 4) is 5.75 Å². The number of aldehydes is 1. The number of nitrogens with zero attached hydrogens (tertiary/aromatic N) is 1. The summed E-state index contributed by atoms with van der Waals surface area (Å²) < 4.78 is 37.3. The topological polar surface area (TPSA) is 82.6 Å². The molecule has 27 heavy (non-hydrogen) atoms. The quantitative estimate of drug-likeness (QED) is 0.734. The highest BCUT2D eigenvalue weighted by Crippen LogP contribution is 2.49. The molecule has 0 fully saturated rings. The minimum Gasteiger partial charge on any atom is -0.455 e. The standard InChI is InChI=1S/C20H21NO5S/c1-14-16(11-8-12-21-14)25-17-18(27(4,23)24)19(2,3)26-20(17,13-22)15-9-6-5-7-10-15/h5-13H,1-4H3. The maximum Gasteiger partial charge on any atom is 0.207 e. The van der Waals surface area contributed by atoms with Gasteiger partial charge in [0.1, 0.15) is 16.3 Å². The van der Waals surface area contributed by atoms with E-state index in [4.69, 9.17) is 9.47 Å². The van der Waals surface area contributed by atoms with E-state index in [9.17, 15) is 13.2 Å². The molecule has 3 rings (SSSR count). The molecule has 0 aliphatic carbocycles. The molecule has 1 aliphatic heterocycles. The van der Waals surface area contributed by atoms with Gasteiger partial charge in [0, 0.05) is 12.5 Å². The van der Waals surface area contributed by atoms with Gasteiger partial charge in [-0.15, -0.1) is 0 Å². The first-order valence-corrected chi connectivity index (χ1v) is 10.3. The highest BCUT2D eigenvalue weighted by molar-refractivity contribution is 7.94. The summed E-state index contributed by atoms with van der Waals surface area (Å²) in [6.45, 7) is 4.95. The molecule has 0 saturated carbocycles. The number of aryl methyl sites for hydroxylation is 1. The van der Waals surface area contributed by atoms with Gasteiger partial charge >= 0.3 is 0 Å². The zero-order valence-corrected chi connectivity index (χ0v) is 16.4. The lowest BCUT2D eigenvalue weighted by atomic mass is 9.93.